The Morgan fingerprint density at radius 2 is 1.70 bits per heavy atom. The molecule has 1 fully saturated rings. The van der Waals surface area contributed by atoms with Gasteiger partial charge in [-0.3, -0.25) is 0 Å². The molecule has 0 amide bonds. The summed E-state index contributed by atoms with van der Waals surface area (Å²) in [5.74, 6) is 0. The van der Waals surface area contributed by atoms with Gasteiger partial charge in [-0.15, -0.1) is 0 Å². The summed E-state index contributed by atoms with van der Waals surface area (Å²) in [5, 5.41) is 35.0. The molecule has 4 N–H and O–H groups in total. The molecule has 0 radical (unpaired) electrons. The summed E-state index contributed by atoms with van der Waals surface area (Å²) in [7, 11) is 0. The molecule has 0 spiro atoms. The van der Waals surface area contributed by atoms with Crippen molar-refractivity contribution in [2.45, 2.75) is 24.6 Å². The van der Waals surface area contributed by atoms with Gasteiger partial charge >= 0.3 is 0 Å². The van der Waals surface area contributed by atoms with Gasteiger partial charge in [0.15, 0.2) is 6.29 Å². The van der Waals surface area contributed by atoms with Crippen molar-refractivity contribution in [3.8, 4) is 0 Å². The van der Waals surface area contributed by atoms with E-state index in [0.29, 0.717) is 0 Å². The van der Waals surface area contributed by atoms with E-state index in [1.165, 1.54) is 0 Å². The third-order valence-electron chi connectivity index (χ3n) is 1.52. The van der Waals surface area contributed by atoms with E-state index in [4.69, 9.17) is 20.4 Å². The molecule has 2 unspecified atom stereocenters. The molecule has 0 aliphatic carbocycles. The number of aliphatic hydroxyl groups is 4. The van der Waals surface area contributed by atoms with E-state index in [2.05, 4.69) is 4.74 Å². The number of ether oxygens (including phenoxy) is 1. The van der Waals surface area contributed by atoms with Crippen molar-refractivity contribution < 1.29 is 25.2 Å². The van der Waals surface area contributed by atoms with Gasteiger partial charge in [0.2, 0.25) is 0 Å². The summed E-state index contributed by atoms with van der Waals surface area (Å²) in [6, 6.07) is 0. The summed E-state index contributed by atoms with van der Waals surface area (Å²) < 4.78 is 4.54. The van der Waals surface area contributed by atoms with Crippen LogP contribution in [0.25, 0.3) is 0 Å². The molecule has 0 aromatic rings. The number of rotatable bonds is 1. The Morgan fingerprint density at radius 1 is 1.10 bits per heavy atom. The van der Waals surface area contributed by atoms with Gasteiger partial charge in [-0.1, -0.05) is 0 Å². The second-order valence-electron chi connectivity index (χ2n) is 2.23. The smallest absolute Gasteiger partial charge is 0.184 e. The minimum absolute atomic E-state index is 0.407. The van der Waals surface area contributed by atoms with Crippen LogP contribution in [0.3, 0.4) is 0 Å². The predicted molar refractivity (Wildman–Crippen MR) is 30.0 cm³/mol. The van der Waals surface area contributed by atoms with Gasteiger partial charge in [0.25, 0.3) is 0 Å². The van der Waals surface area contributed by atoms with Crippen molar-refractivity contribution in [2.24, 2.45) is 0 Å². The average molecular weight is 150 g/mol. The molecule has 1 aliphatic rings. The van der Waals surface area contributed by atoms with Crippen LogP contribution in [0.15, 0.2) is 0 Å². The van der Waals surface area contributed by atoms with Crippen molar-refractivity contribution >= 4 is 0 Å². The summed E-state index contributed by atoms with van der Waals surface area (Å²) >= 11 is 0. The highest BCUT2D eigenvalue weighted by molar-refractivity contribution is 4.84. The van der Waals surface area contributed by atoms with E-state index in [1.807, 2.05) is 0 Å². The van der Waals surface area contributed by atoms with E-state index in [9.17, 15) is 0 Å². The fourth-order valence-corrected chi connectivity index (χ4v) is 0.880. The topological polar surface area (TPSA) is 90.2 Å². The monoisotopic (exact) mass is 150 g/mol. The van der Waals surface area contributed by atoms with E-state index in [-0.39, 0.29) is 0 Å². The van der Waals surface area contributed by atoms with Crippen molar-refractivity contribution in [1.82, 2.24) is 0 Å². The SMILES string of the molecule is OC[C@H]1OC(O)C(O)[C@@H]1O. The summed E-state index contributed by atoms with van der Waals surface area (Å²) in [5.41, 5.74) is 0. The normalized spacial score (nSPS) is 48.0. The van der Waals surface area contributed by atoms with Crippen LogP contribution in [0.5, 0.6) is 0 Å². The molecule has 1 saturated heterocycles. The fourth-order valence-electron chi connectivity index (χ4n) is 0.880. The second kappa shape index (κ2) is 2.81. The second-order valence-corrected chi connectivity index (χ2v) is 2.23. The molecule has 1 rings (SSSR count). The van der Waals surface area contributed by atoms with Crippen LogP contribution < -0.4 is 0 Å². The van der Waals surface area contributed by atoms with Gasteiger partial charge in [0.05, 0.1) is 6.61 Å². The molecule has 1 heterocycles. The molecule has 0 aromatic heterocycles. The first-order valence-corrected chi connectivity index (χ1v) is 2.97. The first-order chi connectivity index (χ1) is 4.66. The van der Waals surface area contributed by atoms with Gasteiger partial charge in [-0.25, -0.2) is 0 Å². The molecule has 5 nitrogen and oxygen atoms in total. The largest absolute Gasteiger partial charge is 0.394 e. The van der Waals surface area contributed by atoms with Crippen LogP contribution in [0.1, 0.15) is 0 Å². The van der Waals surface area contributed by atoms with Gasteiger partial charge in [-0.05, 0) is 0 Å². The number of aliphatic hydroxyl groups excluding tert-OH is 4. The quantitative estimate of drug-likeness (QED) is 0.329. The zero-order valence-electron chi connectivity index (χ0n) is 5.21. The Balaban J connectivity index is 2.53. The molecule has 10 heavy (non-hydrogen) atoms. The standard InChI is InChI=1S/C5H10O5/c6-1-2-3(7)4(8)5(9)10-2/h2-9H,1H2/t2-,3-,4?,5?/m1/s1. The van der Waals surface area contributed by atoms with Crippen molar-refractivity contribution in [2.75, 3.05) is 6.61 Å². The van der Waals surface area contributed by atoms with Crippen molar-refractivity contribution in [3.63, 3.8) is 0 Å². The maximum absolute atomic E-state index is 8.93. The lowest BCUT2D eigenvalue weighted by atomic mass is 10.1. The van der Waals surface area contributed by atoms with Crippen LogP contribution in [0.4, 0.5) is 0 Å². The third-order valence-corrected chi connectivity index (χ3v) is 1.52. The molecule has 0 saturated carbocycles. The third kappa shape index (κ3) is 1.14. The van der Waals surface area contributed by atoms with Crippen LogP contribution in [-0.4, -0.2) is 51.6 Å². The van der Waals surface area contributed by atoms with Crippen LogP contribution in [0.2, 0.25) is 0 Å². The Morgan fingerprint density at radius 3 is 1.90 bits per heavy atom. The molecule has 5 heteroatoms. The summed E-state index contributed by atoms with van der Waals surface area (Å²) in [6.45, 7) is -0.407. The highest BCUT2D eigenvalue weighted by Gasteiger charge is 2.41. The molecule has 60 valence electrons. The van der Waals surface area contributed by atoms with Crippen LogP contribution >= 0.6 is 0 Å². The molecule has 1 aliphatic heterocycles. The lowest BCUT2D eigenvalue weighted by Gasteiger charge is -2.09. The maximum atomic E-state index is 8.93. The molecular weight excluding hydrogens is 140 g/mol. The molecular formula is C5H10O5. The van der Waals surface area contributed by atoms with Gasteiger partial charge in [-0.2, -0.15) is 0 Å². The lowest BCUT2D eigenvalue weighted by molar-refractivity contribution is -0.132. The van der Waals surface area contributed by atoms with Gasteiger partial charge in [0, 0.05) is 0 Å². The van der Waals surface area contributed by atoms with Crippen LogP contribution in [0, 0.1) is 0 Å². The Labute approximate surface area is 57.5 Å². The highest BCUT2D eigenvalue weighted by Crippen LogP contribution is 2.18. The average Bonchev–Trinajstić information content (AvgIpc) is 2.17. The molecule has 4 atom stereocenters. The first-order valence-electron chi connectivity index (χ1n) is 2.97. The number of hydrogen-bond donors (Lipinski definition) is 4. The maximum Gasteiger partial charge on any atom is 0.184 e. The Hall–Kier alpha value is -0.200. The zero-order chi connectivity index (χ0) is 7.72. The molecule has 0 aromatic carbocycles. The summed E-state index contributed by atoms with van der Waals surface area (Å²) in [6.07, 6.45) is -4.76. The fraction of sp³-hybridized carbons (Fsp3) is 1.00. The predicted octanol–water partition coefficient (Wildman–Crippen LogP) is -2.58. The van der Waals surface area contributed by atoms with Crippen molar-refractivity contribution in [3.05, 3.63) is 0 Å². The Kier molecular flexibility index (Phi) is 2.22. The Bertz CT molecular complexity index is 117. The van der Waals surface area contributed by atoms with E-state index < -0.39 is 31.2 Å². The van der Waals surface area contributed by atoms with Crippen molar-refractivity contribution in [1.29, 1.82) is 0 Å². The van der Waals surface area contributed by atoms with Gasteiger partial charge in [0.1, 0.15) is 18.3 Å². The van der Waals surface area contributed by atoms with E-state index >= 15 is 0 Å². The summed E-state index contributed by atoms with van der Waals surface area (Å²) in [4.78, 5) is 0. The van der Waals surface area contributed by atoms with Gasteiger partial charge < -0.3 is 25.2 Å². The minimum atomic E-state index is -1.38. The zero-order valence-corrected chi connectivity index (χ0v) is 5.21. The van der Waals surface area contributed by atoms with Crippen LogP contribution in [-0.2, 0) is 4.74 Å². The van der Waals surface area contributed by atoms with E-state index in [0.717, 1.165) is 0 Å². The minimum Gasteiger partial charge on any atom is -0.394 e. The highest BCUT2D eigenvalue weighted by atomic mass is 16.6. The molecule has 0 bridgehead atoms. The first kappa shape index (κ1) is 7.90. The number of hydrogen-bond acceptors (Lipinski definition) is 5. The van der Waals surface area contributed by atoms with E-state index in [1.54, 1.807) is 0 Å². The lowest BCUT2D eigenvalue weighted by Crippen LogP contribution is -2.33.